The van der Waals surface area contributed by atoms with E-state index in [0.717, 1.165) is 5.56 Å². The number of nitro groups is 1. The summed E-state index contributed by atoms with van der Waals surface area (Å²) in [4.78, 5) is 48.7. The molecule has 0 aromatic heterocycles. The number of esters is 1. The monoisotopic (exact) mass is 411 g/mol. The summed E-state index contributed by atoms with van der Waals surface area (Å²) >= 11 is 0. The molecule has 2 amide bonds. The molecule has 1 aliphatic rings. The standard InChI is InChI=1S/C21H21N3O6/c1-13-5-3-4-6-17(13)22-19(25)12-30-21(27)15-9-20(26)23(11-15)16-8-7-14(2)18(10-16)24(28)29/h3-8,10,15H,9,11-12H2,1-2H3,(H,22,25)/t15-/m1/s1. The van der Waals surface area contributed by atoms with Crippen LogP contribution in [0.5, 0.6) is 0 Å². The van der Waals surface area contributed by atoms with Crippen LogP contribution in [-0.4, -0.2) is 35.9 Å². The molecule has 0 spiro atoms. The zero-order valence-corrected chi connectivity index (χ0v) is 16.6. The highest BCUT2D eigenvalue weighted by molar-refractivity contribution is 6.00. The fourth-order valence-corrected chi connectivity index (χ4v) is 3.23. The SMILES string of the molecule is Cc1ccccc1NC(=O)COC(=O)[C@@H]1CC(=O)N(c2ccc(C)c([N+](=O)[O-])c2)C1. The third-order valence-corrected chi connectivity index (χ3v) is 4.92. The molecule has 1 saturated heterocycles. The second-order valence-corrected chi connectivity index (χ2v) is 7.10. The lowest BCUT2D eigenvalue weighted by Crippen LogP contribution is -2.28. The Morgan fingerprint density at radius 3 is 2.63 bits per heavy atom. The van der Waals surface area contributed by atoms with E-state index in [2.05, 4.69) is 5.32 Å². The topological polar surface area (TPSA) is 119 Å². The predicted octanol–water partition coefficient (Wildman–Crippen LogP) is 2.75. The number of nitro benzene ring substituents is 1. The lowest BCUT2D eigenvalue weighted by atomic mass is 10.1. The molecule has 9 nitrogen and oxygen atoms in total. The largest absolute Gasteiger partial charge is 0.455 e. The van der Waals surface area contributed by atoms with Crippen molar-refractivity contribution in [3.05, 3.63) is 63.7 Å². The maximum Gasteiger partial charge on any atom is 0.311 e. The third-order valence-electron chi connectivity index (χ3n) is 4.92. The number of hydrogen-bond donors (Lipinski definition) is 1. The average molecular weight is 411 g/mol. The zero-order valence-electron chi connectivity index (χ0n) is 16.6. The van der Waals surface area contributed by atoms with Gasteiger partial charge in [-0.25, -0.2) is 0 Å². The molecule has 156 valence electrons. The van der Waals surface area contributed by atoms with Crippen molar-refractivity contribution in [3.63, 3.8) is 0 Å². The van der Waals surface area contributed by atoms with Gasteiger partial charge in [-0.15, -0.1) is 0 Å². The van der Waals surface area contributed by atoms with Crippen molar-refractivity contribution in [1.29, 1.82) is 0 Å². The van der Waals surface area contributed by atoms with Gasteiger partial charge in [0.05, 0.1) is 16.5 Å². The van der Waals surface area contributed by atoms with Crippen LogP contribution >= 0.6 is 0 Å². The fourth-order valence-electron chi connectivity index (χ4n) is 3.23. The number of rotatable bonds is 6. The Hall–Kier alpha value is -3.75. The number of carbonyl (C=O) groups is 3. The molecule has 9 heteroatoms. The van der Waals surface area contributed by atoms with E-state index in [0.29, 0.717) is 16.9 Å². The Morgan fingerprint density at radius 2 is 1.93 bits per heavy atom. The van der Waals surface area contributed by atoms with Gasteiger partial charge in [0, 0.05) is 30.3 Å². The molecule has 3 rings (SSSR count). The van der Waals surface area contributed by atoms with Crippen LogP contribution in [0.4, 0.5) is 17.1 Å². The molecule has 2 aromatic carbocycles. The smallest absolute Gasteiger partial charge is 0.311 e. The summed E-state index contributed by atoms with van der Waals surface area (Å²) in [6.45, 7) is 3.02. The van der Waals surface area contributed by atoms with Crippen LogP contribution in [0, 0.1) is 29.9 Å². The van der Waals surface area contributed by atoms with Crippen molar-refractivity contribution in [2.24, 2.45) is 5.92 Å². The molecular weight excluding hydrogens is 390 g/mol. The number of para-hydroxylation sites is 1. The van der Waals surface area contributed by atoms with E-state index < -0.39 is 29.3 Å². The molecule has 0 bridgehead atoms. The second-order valence-electron chi connectivity index (χ2n) is 7.10. The number of aryl methyl sites for hydroxylation is 2. The van der Waals surface area contributed by atoms with Crippen LogP contribution < -0.4 is 10.2 Å². The molecule has 0 saturated carbocycles. The summed E-state index contributed by atoms with van der Waals surface area (Å²) in [7, 11) is 0. The fraction of sp³-hybridized carbons (Fsp3) is 0.286. The summed E-state index contributed by atoms with van der Waals surface area (Å²) in [5.74, 6) is -2.22. The molecule has 1 heterocycles. The van der Waals surface area contributed by atoms with E-state index >= 15 is 0 Å². The van der Waals surface area contributed by atoms with E-state index in [-0.39, 0.29) is 24.6 Å². The van der Waals surface area contributed by atoms with Gasteiger partial charge < -0.3 is 15.0 Å². The molecule has 0 aliphatic carbocycles. The van der Waals surface area contributed by atoms with Gasteiger partial charge in [0.1, 0.15) is 0 Å². The van der Waals surface area contributed by atoms with E-state index in [9.17, 15) is 24.5 Å². The van der Waals surface area contributed by atoms with Crippen molar-refractivity contribution in [3.8, 4) is 0 Å². The molecule has 1 N–H and O–H groups in total. The zero-order chi connectivity index (χ0) is 21.8. The van der Waals surface area contributed by atoms with Crippen LogP contribution in [0.25, 0.3) is 0 Å². The second kappa shape index (κ2) is 8.73. The highest BCUT2D eigenvalue weighted by Gasteiger charge is 2.37. The Bertz CT molecular complexity index is 1020. The van der Waals surface area contributed by atoms with Crippen molar-refractivity contribution in [2.75, 3.05) is 23.4 Å². The van der Waals surface area contributed by atoms with Gasteiger partial charge in [-0.2, -0.15) is 0 Å². The van der Waals surface area contributed by atoms with Gasteiger partial charge in [-0.05, 0) is 31.5 Å². The number of benzene rings is 2. The summed E-state index contributed by atoms with van der Waals surface area (Å²) in [6.07, 6.45) is -0.0834. The number of anilines is 2. The van der Waals surface area contributed by atoms with E-state index in [1.807, 2.05) is 19.1 Å². The van der Waals surface area contributed by atoms with Crippen molar-refractivity contribution < 1.29 is 24.0 Å². The van der Waals surface area contributed by atoms with Gasteiger partial charge in [0.25, 0.3) is 11.6 Å². The predicted molar refractivity (Wildman–Crippen MR) is 109 cm³/mol. The first-order chi connectivity index (χ1) is 14.3. The van der Waals surface area contributed by atoms with Crippen molar-refractivity contribution in [1.82, 2.24) is 0 Å². The number of nitrogens with zero attached hydrogens (tertiary/aromatic N) is 2. The third kappa shape index (κ3) is 4.62. The van der Waals surface area contributed by atoms with Gasteiger partial charge in [-0.1, -0.05) is 24.3 Å². The number of hydrogen-bond acceptors (Lipinski definition) is 6. The maximum atomic E-state index is 12.3. The van der Waals surface area contributed by atoms with Crippen molar-refractivity contribution in [2.45, 2.75) is 20.3 Å². The van der Waals surface area contributed by atoms with Crippen LogP contribution in [0.3, 0.4) is 0 Å². The quantitative estimate of drug-likeness (QED) is 0.443. The molecule has 1 fully saturated rings. The average Bonchev–Trinajstić information content (AvgIpc) is 3.10. The summed E-state index contributed by atoms with van der Waals surface area (Å²) < 4.78 is 5.08. The Kier molecular flexibility index (Phi) is 6.10. The Labute approximate surface area is 172 Å². The molecule has 2 aromatic rings. The minimum Gasteiger partial charge on any atom is -0.455 e. The molecule has 1 atom stereocenters. The number of ether oxygens (including phenoxy) is 1. The Balaban J connectivity index is 1.59. The lowest BCUT2D eigenvalue weighted by Gasteiger charge is -2.17. The number of amides is 2. The minimum absolute atomic E-state index is 0.0390. The summed E-state index contributed by atoms with van der Waals surface area (Å²) in [6, 6.07) is 11.7. The maximum absolute atomic E-state index is 12.3. The van der Waals surface area contributed by atoms with Gasteiger partial charge in [-0.3, -0.25) is 24.5 Å². The van der Waals surface area contributed by atoms with E-state index in [4.69, 9.17) is 4.74 Å². The van der Waals surface area contributed by atoms with Gasteiger partial charge in [0.2, 0.25) is 5.91 Å². The molecule has 30 heavy (non-hydrogen) atoms. The molecule has 0 radical (unpaired) electrons. The summed E-state index contributed by atoms with van der Waals surface area (Å²) in [5.41, 5.74) is 2.23. The van der Waals surface area contributed by atoms with Crippen LogP contribution in [0.15, 0.2) is 42.5 Å². The molecule has 1 aliphatic heterocycles. The van der Waals surface area contributed by atoms with Crippen LogP contribution in [0.1, 0.15) is 17.5 Å². The van der Waals surface area contributed by atoms with Crippen LogP contribution in [0.2, 0.25) is 0 Å². The minimum atomic E-state index is -0.746. The van der Waals surface area contributed by atoms with Crippen LogP contribution in [-0.2, 0) is 19.1 Å². The first kappa shape index (κ1) is 21.0. The normalized spacial score (nSPS) is 15.7. The highest BCUT2D eigenvalue weighted by Crippen LogP contribution is 2.30. The number of nitrogens with one attached hydrogen (secondary N) is 1. The van der Waals surface area contributed by atoms with E-state index in [1.54, 1.807) is 31.2 Å². The van der Waals surface area contributed by atoms with E-state index in [1.165, 1.54) is 11.0 Å². The van der Waals surface area contributed by atoms with Gasteiger partial charge >= 0.3 is 5.97 Å². The first-order valence-corrected chi connectivity index (χ1v) is 9.34. The highest BCUT2D eigenvalue weighted by atomic mass is 16.6. The van der Waals surface area contributed by atoms with Crippen molar-refractivity contribution >= 4 is 34.8 Å². The molecular formula is C21H21N3O6. The van der Waals surface area contributed by atoms with Gasteiger partial charge in [0.15, 0.2) is 6.61 Å². The number of carbonyl (C=O) groups excluding carboxylic acids is 3. The first-order valence-electron chi connectivity index (χ1n) is 9.34. The molecule has 0 unspecified atom stereocenters. The Morgan fingerprint density at radius 1 is 1.20 bits per heavy atom. The lowest BCUT2D eigenvalue weighted by molar-refractivity contribution is -0.385. The summed E-state index contributed by atoms with van der Waals surface area (Å²) in [5, 5.41) is 13.8.